The van der Waals surface area contributed by atoms with Gasteiger partial charge in [-0.05, 0) is 94.3 Å². The molecule has 5 aromatic rings. The number of amides is 3. The van der Waals surface area contributed by atoms with E-state index in [0.717, 1.165) is 54.3 Å². The first-order valence-electron chi connectivity index (χ1n) is 26.6. The highest BCUT2D eigenvalue weighted by molar-refractivity contribution is 7.51. The second-order valence-corrected chi connectivity index (χ2v) is 24.2. The van der Waals surface area contributed by atoms with Crippen LogP contribution in [0.5, 0.6) is 11.5 Å². The van der Waals surface area contributed by atoms with E-state index >= 15 is 0 Å². The molecule has 0 saturated heterocycles. The molecule has 2 aromatic heterocycles. The van der Waals surface area contributed by atoms with Gasteiger partial charge in [-0.1, -0.05) is 80.2 Å². The maximum Gasteiger partial charge on any atom is 0.339 e. The summed E-state index contributed by atoms with van der Waals surface area (Å²) in [5.41, 5.74) is 4.61. The van der Waals surface area contributed by atoms with Crippen molar-refractivity contribution in [3.8, 4) is 23.8 Å². The van der Waals surface area contributed by atoms with Crippen molar-refractivity contribution in [1.29, 1.82) is 0 Å². The SMILES string of the molecule is C#CCN1C(=O)COc2cc(F)c(N=c3snc4n3CC(C)(C)C4)cc21.CC1COc2ccccc2N1C(=O)C(Cl)Cl.CCNc1nc(Cl)nc(NC(C)C)n1.CCc1cccc(C)c1N(C(=O)CCl)C(C)COC.O=C(O)CNCP(=O)(O)O. The van der Waals surface area contributed by atoms with Gasteiger partial charge in [-0.25, -0.2) is 9.38 Å². The van der Waals surface area contributed by atoms with Crippen molar-refractivity contribution in [2.24, 2.45) is 10.4 Å². The monoisotopic (exact) mass is 1300 g/mol. The Balaban J connectivity index is 0.000000236. The molecule has 2 atom stereocenters. The van der Waals surface area contributed by atoms with Crippen LogP contribution in [0.4, 0.5) is 39.0 Å². The molecule has 5 heterocycles. The van der Waals surface area contributed by atoms with Crippen molar-refractivity contribution in [2.75, 3.05) is 84.1 Å². The number of hydrogen-bond donors (Lipinski definition) is 6. The van der Waals surface area contributed by atoms with Crippen LogP contribution in [0.15, 0.2) is 59.6 Å². The number of para-hydroxylation sites is 3. The Morgan fingerprint density at radius 1 is 1.05 bits per heavy atom. The minimum atomic E-state index is -4.10. The molecule has 30 heteroatoms. The van der Waals surface area contributed by atoms with Gasteiger partial charge >= 0.3 is 13.6 Å². The number of halogens is 5. The second kappa shape index (κ2) is 33.7. The third-order valence-electron chi connectivity index (χ3n) is 12.0. The van der Waals surface area contributed by atoms with Crippen molar-refractivity contribution in [1.82, 2.24) is 29.2 Å². The molecule has 0 fully saturated rings. The van der Waals surface area contributed by atoms with Crippen LogP contribution in [0.2, 0.25) is 5.28 Å². The number of benzene rings is 3. The number of anilines is 5. The average molecular weight is 1300 g/mol. The van der Waals surface area contributed by atoms with Crippen LogP contribution in [0, 0.1) is 30.5 Å². The first kappa shape index (κ1) is 71.3. The number of nitrogens with zero attached hydrogens (tertiary/aromatic N) is 9. The van der Waals surface area contributed by atoms with Crippen LogP contribution in [-0.4, -0.2) is 144 Å². The number of alkyl halides is 3. The van der Waals surface area contributed by atoms with Gasteiger partial charge in [0, 0.05) is 50.3 Å². The van der Waals surface area contributed by atoms with Crippen LogP contribution < -0.4 is 44.9 Å². The van der Waals surface area contributed by atoms with Crippen molar-refractivity contribution >= 4 is 124 Å². The minimum absolute atomic E-state index is 0.0223. The highest BCUT2D eigenvalue weighted by Crippen LogP contribution is 2.39. The normalized spacial score (nSPS) is 15.0. The van der Waals surface area contributed by atoms with Gasteiger partial charge in [-0.2, -0.15) is 19.3 Å². The Kier molecular flexibility index (Phi) is 28.2. The number of aromatic nitrogens is 5. The Hall–Kier alpha value is -6.17. The van der Waals surface area contributed by atoms with E-state index in [2.05, 4.69) is 73.0 Å². The van der Waals surface area contributed by atoms with Crippen molar-refractivity contribution in [3.63, 3.8) is 0 Å². The van der Waals surface area contributed by atoms with E-state index in [4.69, 9.17) is 81.9 Å². The van der Waals surface area contributed by atoms with E-state index in [1.807, 2.05) is 82.5 Å². The number of aryl methyl sites for hydroxylation is 2. The zero-order valence-corrected chi connectivity index (χ0v) is 53.5. The number of carbonyl (C=O) groups excluding carboxylic acids is 3. The molecule has 3 aliphatic rings. The second-order valence-electron chi connectivity index (χ2n) is 20.2. The number of aliphatic carboxylic acids is 1. The molecular formula is C55H72Cl4FN12O11PS. The summed E-state index contributed by atoms with van der Waals surface area (Å²) in [4.78, 5) is 83.1. The third kappa shape index (κ3) is 21.6. The maximum absolute atomic E-state index is 14.5. The average Bonchev–Trinajstić information content (AvgIpc) is 2.20. The molecule has 0 radical (unpaired) electrons. The van der Waals surface area contributed by atoms with E-state index < -0.39 is 37.0 Å². The molecule has 0 spiro atoms. The molecule has 6 N–H and O–H groups in total. The molecular weight excluding hydrogens is 1230 g/mol. The number of rotatable bonds is 17. The summed E-state index contributed by atoms with van der Waals surface area (Å²) in [6, 6.07) is 16.3. The molecule has 464 valence electrons. The van der Waals surface area contributed by atoms with E-state index in [-0.39, 0.29) is 71.3 Å². The van der Waals surface area contributed by atoms with Gasteiger partial charge in [0.2, 0.25) is 27.9 Å². The summed E-state index contributed by atoms with van der Waals surface area (Å²) in [6.45, 7) is 20.2. The summed E-state index contributed by atoms with van der Waals surface area (Å²) in [6.07, 6.45) is 6.50. The number of carboxylic acid groups (broad SMARTS) is 1. The van der Waals surface area contributed by atoms with Gasteiger partial charge < -0.3 is 54.1 Å². The molecule has 3 aromatic carbocycles. The molecule has 0 aliphatic carbocycles. The van der Waals surface area contributed by atoms with E-state index in [0.29, 0.717) is 47.1 Å². The van der Waals surface area contributed by atoms with Crippen LogP contribution >= 0.6 is 65.5 Å². The van der Waals surface area contributed by atoms with Crippen molar-refractivity contribution in [2.45, 2.75) is 105 Å². The van der Waals surface area contributed by atoms with Crippen molar-refractivity contribution < 1.29 is 57.2 Å². The lowest BCUT2D eigenvalue weighted by Crippen LogP contribution is -2.47. The van der Waals surface area contributed by atoms with E-state index in [9.17, 15) is 28.1 Å². The zero-order chi connectivity index (χ0) is 63.3. The van der Waals surface area contributed by atoms with Gasteiger partial charge in [0.05, 0.1) is 55.1 Å². The zero-order valence-electron chi connectivity index (χ0n) is 48.7. The fraction of sp³-hybridized carbons (Fsp3) is 0.473. The summed E-state index contributed by atoms with van der Waals surface area (Å²) in [5, 5.41) is 16.3. The highest BCUT2D eigenvalue weighted by atomic mass is 35.5. The fourth-order valence-electron chi connectivity index (χ4n) is 8.53. The third-order valence-corrected chi connectivity index (χ3v) is 14.2. The number of carbonyl (C=O) groups is 4. The maximum atomic E-state index is 14.5. The molecule has 3 amide bonds. The van der Waals surface area contributed by atoms with Gasteiger partial charge in [-0.15, -0.1) is 18.0 Å². The Morgan fingerprint density at radius 3 is 2.35 bits per heavy atom. The molecule has 85 heavy (non-hydrogen) atoms. The number of methoxy groups -OCH3 is 1. The van der Waals surface area contributed by atoms with Crippen LogP contribution in [0.1, 0.15) is 72.3 Å². The molecule has 0 saturated carbocycles. The summed E-state index contributed by atoms with van der Waals surface area (Å²) in [7, 11) is -2.46. The standard InChI is InChI=1S/C18H17FN4O2S.C15H22ClNO2.C11H11Cl2NO2.C8H14ClN5.C3H8NO5P/c1-4-5-22-13-7-12(11(19)6-14(13)25-9-16(22)24)20-17-23-10-18(2,3)8-15(23)21-26-17;1-5-13-8-6-7-11(2)15(13)17(14(18)9-16)12(3)10-19-4;1-7-6-16-9-5-3-2-4-8(9)14(7)11(15)10(12)13;1-4-10-7-12-6(9)13-8(14-7)11-5(2)3;5-3(6)1-4-2-10(7,8)9/h1,6-7H,5,8-10H2,2-3H3;6-8,12H,5,9-10H2,1-4H3;2-5,7,10H,6H2,1H3;5H,4H2,1-3H3,(H2,10,11,12,13,14);4H,1-2H2,(H,5,6)(H2,7,8,9). The lowest BCUT2D eigenvalue weighted by Gasteiger charge is -2.35. The molecule has 3 aliphatic heterocycles. The van der Waals surface area contributed by atoms with Crippen LogP contribution in [0.25, 0.3) is 0 Å². The number of fused-ring (bicyclic) bond motifs is 3. The van der Waals surface area contributed by atoms with Gasteiger partial charge in [0.25, 0.3) is 11.8 Å². The first-order valence-corrected chi connectivity index (χ1v) is 30.9. The van der Waals surface area contributed by atoms with E-state index in [1.165, 1.54) is 28.6 Å². The summed E-state index contributed by atoms with van der Waals surface area (Å²) in [5.74, 6) is 3.03. The highest BCUT2D eigenvalue weighted by Gasteiger charge is 2.34. The first-order chi connectivity index (χ1) is 40.1. The molecule has 8 rings (SSSR count). The van der Waals surface area contributed by atoms with Crippen molar-refractivity contribution in [3.05, 3.63) is 87.5 Å². The minimum Gasteiger partial charge on any atom is -0.489 e. The smallest absolute Gasteiger partial charge is 0.339 e. The van der Waals surface area contributed by atoms with Gasteiger partial charge in [-0.3, -0.25) is 34.0 Å². The van der Waals surface area contributed by atoms with Crippen LogP contribution in [-0.2, 0) is 47.9 Å². The molecule has 0 bridgehead atoms. The Morgan fingerprint density at radius 2 is 1.74 bits per heavy atom. The number of ether oxygens (including phenoxy) is 3. The topological polar surface area (TPSA) is 288 Å². The largest absolute Gasteiger partial charge is 0.489 e. The Bertz CT molecular complexity index is 3260. The summed E-state index contributed by atoms with van der Waals surface area (Å²) >= 11 is 24.0. The molecule has 2 unspecified atom stereocenters. The van der Waals surface area contributed by atoms with Gasteiger partial charge in [0.1, 0.15) is 35.5 Å². The lowest BCUT2D eigenvalue weighted by atomic mass is 9.92. The predicted octanol–water partition coefficient (Wildman–Crippen LogP) is 8.60. The quantitative estimate of drug-likeness (QED) is 0.0288. The number of hydrogen-bond acceptors (Lipinski definition) is 17. The van der Waals surface area contributed by atoms with E-state index in [1.54, 1.807) is 16.9 Å². The predicted molar refractivity (Wildman–Crippen MR) is 331 cm³/mol. The fourth-order valence-corrected chi connectivity index (χ4v) is 10.2. The van der Waals surface area contributed by atoms with Crippen LogP contribution in [0.3, 0.4) is 0 Å². The Labute approximate surface area is 517 Å². The number of terminal acetylenes is 1. The van der Waals surface area contributed by atoms with Gasteiger partial charge in [0.15, 0.2) is 17.3 Å². The number of carboxylic acids is 1. The molecule has 23 nitrogen and oxygen atoms in total. The number of nitrogens with one attached hydrogen (secondary N) is 3. The summed E-state index contributed by atoms with van der Waals surface area (Å²) < 4.78 is 47.1. The lowest BCUT2D eigenvalue weighted by molar-refractivity contribution is -0.136.